The fourth-order valence-corrected chi connectivity index (χ4v) is 4.48. The molecule has 0 bridgehead atoms. The lowest BCUT2D eigenvalue weighted by Crippen LogP contribution is -2.63. The smallest absolute Gasteiger partial charge is 0.155 e. The summed E-state index contributed by atoms with van der Waals surface area (Å²) in [5.41, 5.74) is 4.15. The zero-order valence-corrected chi connectivity index (χ0v) is 17.1. The van der Waals surface area contributed by atoms with Gasteiger partial charge in [-0.05, 0) is 37.1 Å². The van der Waals surface area contributed by atoms with Crippen molar-refractivity contribution in [1.29, 1.82) is 5.26 Å². The van der Waals surface area contributed by atoms with Crippen molar-refractivity contribution in [2.45, 2.75) is 37.6 Å². The van der Waals surface area contributed by atoms with Gasteiger partial charge < -0.3 is 10.5 Å². The molecule has 5 nitrogen and oxygen atoms in total. The molecule has 2 N–H and O–H groups in total. The third kappa shape index (κ3) is 3.98. The van der Waals surface area contributed by atoms with Gasteiger partial charge in [0.05, 0.1) is 18.3 Å². The standard InChI is InChI=1S/C21H22F2N4OS/c1-13(17-6-16(8-24)9-26-10-17)4-5-18(22)15(3)21-11-28-14(2)7-20(21,23)12-29-19(25)27-21/h4-6,9-10,14H,3,7,11-12H2,1-2H3,(H2,25,27)/b13-4+,18-5+/t14-,20+,21+/m0/s1. The Morgan fingerprint density at radius 2 is 2.24 bits per heavy atom. The predicted octanol–water partition coefficient (Wildman–Crippen LogP) is 4.08. The molecule has 0 saturated carbocycles. The number of hydrogen-bond acceptors (Lipinski definition) is 6. The Morgan fingerprint density at radius 1 is 1.48 bits per heavy atom. The van der Waals surface area contributed by atoms with Crippen molar-refractivity contribution in [2.75, 3.05) is 12.4 Å². The van der Waals surface area contributed by atoms with Gasteiger partial charge in [0.2, 0.25) is 0 Å². The van der Waals surface area contributed by atoms with Crippen LogP contribution in [0.5, 0.6) is 0 Å². The normalized spacial score (nSPS) is 30.2. The topological polar surface area (TPSA) is 84.3 Å². The molecule has 3 rings (SSSR count). The monoisotopic (exact) mass is 416 g/mol. The summed E-state index contributed by atoms with van der Waals surface area (Å²) in [5.74, 6) is -0.624. The Balaban J connectivity index is 1.93. The number of halogens is 2. The zero-order chi connectivity index (χ0) is 21.2. The van der Waals surface area contributed by atoms with Crippen LogP contribution in [-0.4, -0.2) is 39.8 Å². The maximum absolute atomic E-state index is 15.9. The summed E-state index contributed by atoms with van der Waals surface area (Å²) >= 11 is 1.12. The van der Waals surface area contributed by atoms with Crippen molar-refractivity contribution in [3.8, 4) is 6.07 Å². The highest BCUT2D eigenvalue weighted by atomic mass is 32.2. The number of nitrogens with two attached hydrogens (primary N) is 1. The van der Waals surface area contributed by atoms with Crippen LogP contribution in [0.15, 0.2) is 53.6 Å². The first-order valence-corrected chi connectivity index (χ1v) is 10.1. The number of alkyl halides is 1. The minimum atomic E-state index is -1.80. The lowest BCUT2D eigenvalue weighted by molar-refractivity contribution is -0.0894. The van der Waals surface area contributed by atoms with Crippen LogP contribution in [-0.2, 0) is 4.74 Å². The average Bonchev–Trinajstić information content (AvgIpc) is 2.71. The summed E-state index contributed by atoms with van der Waals surface area (Å²) < 4.78 is 36.6. The van der Waals surface area contributed by atoms with Crippen molar-refractivity contribution in [3.63, 3.8) is 0 Å². The first kappa shape index (κ1) is 21.2. The second-order valence-corrected chi connectivity index (χ2v) is 8.30. The lowest BCUT2D eigenvalue weighted by atomic mass is 9.72. The molecule has 29 heavy (non-hydrogen) atoms. The number of fused-ring (bicyclic) bond motifs is 1. The summed E-state index contributed by atoms with van der Waals surface area (Å²) in [6.45, 7) is 7.24. The maximum Gasteiger partial charge on any atom is 0.155 e. The highest BCUT2D eigenvalue weighted by Gasteiger charge is 2.60. The Bertz CT molecular complexity index is 968. The van der Waals surface area contributed by atoms with E-state index in [4.69, 9.17) is 15.7 Å². The fraction of sp³-hybridized carbons (Fsp3) is 0.381. The highest BCUT2D eigenvalue weighted by molar-refractivity contribution is 8.13. The number of nitrogens with zero attached hydrogens (tertiary/aromatic N) is 3. The van der Waals surface area contributed by atoms with E-state index in [-0.39, 0.29) is 35.6 Å². The van der Waals surface area contributed by atoms with Crippen LogP contribution in [0.4, 0.5) is 8.78 Å². The molecule has 1 fully saturated rings. The predicted molar refractivity (Wildman–Crippen MR) is 112 cm³/mol. The first-order valence-electron chi connectivity index (χ1n) is 9.09. The molecule has 0 aliphatic carbocycles. The molecule has 1 aromatic rings. The Hall–Kier alpha value is -2.50. The van der Waals surface area contributed by atoms with Gasteiger partial charge in [0.25, 0.3) is 0 Å². The number of pyridine rings is 1. The van der Waals surface area contributed by atoms with E-state index in [1.165, 1.54) is 18.3 Å². The quantitative estimate of drug-likeness (QED) is 0.748. The molecule has 3 atom stereocenters. The molecule has 1 aromatic heterocycles. The van der Waals surface area contributed by atoms with Crippen LogP contribution in [0.3, 0.4) is 0 Å². The Labute approximate surface area is 173 Å². The molecule has 0 radical (unpaired) electrons. The number of thioether (sulfide) groups is 1. The van der Waals surface area contributed by atoms with Gasteiger partial charge in [-0.1, -0.05) is 24.4 Å². The van der Waals surface area contributed by atoms with E-state index in [9.17, 15) is 0 Å². The zero-order valence-electron chi connectivity index (χ0n) is 16.3. The minimum Gasteiger partial charge on any atom is -0.379 e. The van der Waals surface area contributed by atoms with Crippen molar-refractivity contribution < 1.29 is 13.5 Å². The van der Waals surface area contributed by atoms with Crippen LogP contribution in [0.2, 0.25) is 0 Å². The first-order chi connectivity index (χ1) is 13.7. The van der Waals surface area contributed by atoms with Crippen molar-refractivity contribution in [3.05, 3.63) is 59.7 Å². The third-order valence-electron chi connectivity index (χ3n) is 5.27. The number of rotatable bonds is 4. The van der Waals surface area contributed by atoms with Gasteiger partial charge in [-0.2, -0.15) is 5.26 Å². The molecular weight excluding hydrogens is 394 g/mol. The van der Waals surface area contributed by atoms with Gasteiger partial charge in [0.1, 0.15) is 17.4 Å². The van der Waals surface area contributed by atoms with E-state index in [1.54, 1.807) is 26.1 Å². The molecule has 8 heteroatoms. The van der Waals surface area contributed by atoms with Crippen molar-refractivity contribution in [2.24, 2.45) is 10.7 Å². The molecular formula is C21H22F2N4OS. The molecule has 0 amide bonds. The van der Waals surface area contributed by atoms with E-state index in [2.05, 4.69) is 16.6 Å². The van der Waals surface area contributed by atoms with Crippen LogP contribution < -0.4 is 5.73 Å². The van der Waals surface area contributed by atoms with Gasteiger partial charge >= 0.3 is 0 Å². The third-order valence-corrected chi connectivity index (χ3v) is 6.26. The second kappa shape index (κ2) is 8.09. The summed E-state index contributed by atoms with van der Waals surface area (Å²) in [6, 6.07) is 3.67. The lowest BCUT2D eigenvalue weighted by Gasteiger charge is -2.50. The summed E-state index contributed by atoms with van der Waals surface area (Å²) in [7, 11) is 0. The van der Waals surface area contributed by atoms with E-state index in [1.807, 2.05) is 6.07 Å². The largest absolute Gasteiger partial charge is 0.379 e. The summed E-state index contributed by atoms with van der Waals surface area (Å²) in [6.07, 6.45) is 5.57. The van der Waals surface area contributed by atoms with Gasteiger partial charge in [-0.25, -0.2) is 13.8 Å². The molecule has 1 saturated heterocycles. The van der Waals surface area contributed by atoms with Gasteiger partial charge in [-0.3, -0.25) is 4.98 Å². The van der Waals surface area contributed by atoms with Crippen LogP contribution in [0, 0.1) is 11.3 Å². The minimum absolute atomic E-state index is 0.0732. The Kier molecular flexibility index (Phi) is 5.92. The Morgan fingerprint density at radius 3 is 2.97 bits per heavy atom. The molecule has 2 aliphatic heterocycles. The number of allylic oxidation sites excluding steroid dienone is 3. The number of hydrogen-bond donors (Lipinski definition) is 1. The number of aromatic nitrogens is 1. The number of ether oxygens (including phenoxy) is 1. The summed E-state index contributed by atoms with van der Waals surface area (Å²) in [5, 5.41) is 9.18. The maximum atomic E-state index is 15.9. The molecule has 0 aromatic carbocycles. The number of amidine groups is 1. The molecule has 152 valence electrons. The molecule has 3 heterocycles. The van der Waals surface area contributed by atoms with E-state index in [0.29, 0.717) is 16.7 Å². The van der Waals surface area contributed by atoms with Crippen molar-refractivity contribution >= 4 is 22.5 Å². The van der Waals surface area contributed by atoms with Gasteiger partial charge in [0, 0.05) is 30.1 Å². The molecule has 2 aliphatic rings. The number of aliphatic imine (C=N–C) groups is 1. The van der Waals surface area contributed by atoms with Crippen molar-refractivity contribution in [1.82, 2.24) is 4.98 Å². The molecule has 0 unspecified atom stereocenters. The van der Waals surface area contributed by atoms with Gasteiger partial charge in [0.15, 0.2) is 10.8 Å². The van der Waals surface area contributed by atoms with E-state index < -0.39 is 17.0 Å². The SMILES string of the molecule is C=C(/C(F)=C\C=C(/C)c1cncc(C#N)c1)[C@]12CO[C@@H](C)C[C@@]1(F)CSC(N)=N2. The van der Waals surface area contributed by atoms with Gasteiger partial charge in [-0.15, -0.1) is 0 Å². The fourth-order valence-electron chi connectivity index (χ4n) is 3.53. The highest BCUT2D eigenvalue weighted by Crippen LogP contribution is 2.50. The summed E-state index contributed by atoms with van der Waals surface area (Å²) in [4.78, 5) is 8.28. The molecule has 0 spiro atoms. The second-order valence-electron chi connectivity index (χ2n) is 7.31. The number of nitriles is 1. The van der Waals surface area contributed by atoms with Crippen LogP contribution in [0.1, 0.15) is 31.4 Å². The van der Waals surface area contributed by atoms with E-state index >= 15 is 8.78 Å². The van der Waals surface area contributed by atoms with E-state index in [0.717, 1.165) is 11.8 Å². The average molecular weight is 416 g/mol. The van der Waals surface area contributed by atoms with Crippen LogP contribution in [0.25, 0.3) is 5.57 Å². The van der Waals surface area contributed by atoms with Crippen LogP contribution >= 0.6 is 11.8 Å².